The molecule has 0 saturated carbocycles. The molecule has 0 bridgehead atoms. The maximum atomic E-state index is 4.55. The van der Waals surface area contributed by atoms with E-state index in [4.69, 9.17) is 0 Å². The van der Waals surface area contributed by atoms with Crippen LogP contribution in [-0.4, -0.2) is 54.6 Å². The van der Waals surface area contributed by atoms with Crippen LogP contribution < -0.4 is 10.2 Å². The molecule has 1 saturated heterocycles. The largest absolute Gasteiger partial charge is 0.338 e. The number of anilines is 1. The van der Waals surface area contributed by atoms with Crippen molar-refractivity contribution in [2.75, 3.05) is 44.7 Å². The first-order valence-corrected chi connectivity index (χ1v) is 9.13. The number of piperazine rings is 1. The van der Waals surface area contributed by atoms with E-state index >= 15 is 0 Å². The van der Waals surface area contributed by atoms with Crippen molar-refractivity contribution in [1.82, 2.24) is 20.2 Å². The van der Waals surface area contributed by atoms with Gasteiger partial charge in [-0.25, -0.2) is 9.97 Å². The molecule has 1 aliphatic heterocycles. The molecule has 2 aromatic rings. The van der Waals surface area contributed by atoms with Gasteiger partial charge in [-0.15, -0.1) is 0 Å². The second kappa shape index (κ2) is 8.41. The second-order valence-electron chi connectivity index (χ2n) is 7.13. The van der Waals surface area contributed by atoms with Crippen molar-refractivity contribution in [3.63, 3.8) is 0 Å². The van der Waals surface area contributed by atoms with Gasteiger partial charge >= 0.3 is 0 Å². The topological polar surface area (TPSA) is 44.3 Å². The van der Waals surface area contributed by atoms with E-state index in [2.05, 4.69) is 70.2 Å². The summed E-state index contributed by atoms with van der Waals surface area (Å²) in [6.45, 7) is 10.3. The van der Waals surface area contributed by atoms with Crippen molar-refractivity contribution in [1.29, 1.82) is 0 Å². The molecule has 1 N–H and O–H groups in total. The van der Waals surface area contributed by atoms with Crippen LogP contribution in [0.2, 0.25) is 0 Å². The third kappa shape index (κ3) is 5.00. The summed E-state index contributed by atoms with van der Waals surface area (Å²) in [6.07, 6.45) is 3.90. The molecule has 1 aromatic carbocycles. The zero-order valence-electron chi connectivity index (χ0n) is 15.6. The fourth-order valence-electron chi connectivity index (χ4n) is 3.14. The van der Waals surface area contributed by atoms with Crippen LogP contribution in [0, 0.1) is 6.92 Å². The summed E-state index contributed by atoms with van der Waals surface area (Å²) in [5, 5.41) is 3.52. The van der Waals surface area contributed by atoms with E-state index in [0.717, 1.165) is 50.8 Å². The van der Waals surface area contributed by atoms with Gasteiger partial charge in [-0.2, -0.15) is 0 Å². The van der Waals surface area contributed by atoms with Crippen LogP contribution in [0.15, 0.2) is 36.7 Å². The molecule has 1 aliphatic rings. The van der Waals surface area contributed by atoms with Gasteiger partial charge in [0.25, 0.3) is 0 Å². The van der Waals surface area contributed by atoms with Crippen molar-refractivity contribution in [2.24, 2.45) is 0 Å². The molecule has 1 fully saturated rings. The van der Waals surface area contributed by atoms with Gasteiger partial charge in [0.2, 0.25) is 5.95 Å². The van der Waals surface area contributed by atoms with Crippen LogP contribution >= 0.6 is 0 Å². The number of hydrogen-bond acceptors (Lipinski definition) is 5. The van der Waals surface area contributed by atoms with E-state index in [9.17, 15) is 0 Å². The van der Waals surface area contributed by atoms with Crippen molar-refractivity contribution in [3.05, 3.63) is 53.3 Å². The molecular weight excluding hydrogens is 310 g/mol. The molecule has 134 valence electrons. The first-order chi connectivity index (χ1) is 12.1. The molecule has 0 unspecified atom stereocenters. The smallest absolute Gasteiger partial charge is 0.225 e. The Bertz CT molecular complexity index is 662. The van der Waals surface area contributed by atoms with Crippen molar-refractivity contribution >= 4 is 5.95 Å². The predicted octanol–water partition coefficient (Wildman–Crippen LogP) is 2.43. The molecule has 1 atom stereocenters. The zero-order chi connectivity index (χ0) is 17.6. The van der Waals surface area contributed by atoms with Crippen LogP contribution in [0.25, 0.3) is 0 Å². The van der Waals surface area contributed by atoms with E-state index < -0.39 is 0 Å². The Balaban J connectivity index is 1.47. The standard InChI is InChI=1S/C20H29N5/c1-16-5-4-6-19(11-16)17(2)12-21-13-18-14-22-20(23-15-18)25-9-7-24(3)8-10-25/h4-6,11,14-15,17,21H,7-10,12-13H2,1-3H3/t17-/m1/s1. The highest BCUT2D eigenvalue weighted by Crippen LogP contribution is 2.16. The van der Waals surface area contributed by atoms with Gasteiger partial charge in [-0.1, -0.05) is 36.8 Å². The summed E-state index contributed by atoms with van der Waals surface area (Å²) in [7, 11) is 2.16. The molecule has 0 aliphatic carbocycles. The van der Waals surface area contributed by atoms with Gasteiger partial charge in [0.15, 0.2) is 0 Å². The minimum absolute atomic E-state index is 0.491. The molecule has 1 aromatic heterocycles. The molecule has 2 heterocycles. The van der Waals surface area contributed by atoms with Crippen molar-refractivity contribution in [2.45, 2.75) is 26.3 Å². The molecule has 0 spiro atoms. The number of likely N-dealkylation sites (N-methyl/N-ethyl adjacent to an activating group) is 1. The Labute approximate surface area is 151 Å². The maximum Gasteiger partial charge on any atom is 0.225 e. The van der Waals surface area contributed by atoms with Crippen LogP contribution in [0.1, 0.15) is 29.5 Å². The molecule has 25 heavy (non-hydrogen) atoms. The van der Waals surface area contributed by atoms with Crippen molar-refractivity contribution < 1.29 is 0 Å². The number of hydrogen-bond donors (Lipinski definition) is 1. The lowest BCUT2D eigenvalue weighted by molar-refractivity contribution is 0.311. The summed E-state index contributed by atoms with van der Waals surface area (Å²) in [4.78, 5) is 13.7. The summed E-state index contributed by atoms with van der Waals surface area (Å²) >= 11 is 0. The average Bonchev–Trinajstić information content (AvgIpc) is 2.63. The van der Waals surface area contributed by atoms with Gasteiger partial charge in [-0.3, -0.25) is 0 Å². The third-order valence-electron chi connectivity index (χ3n) is 4.87. The monoisotopic (exact) mass is 339 g/mol. The number of aryl methyl sites for hydroxylation is 1. The van der Waals surface area contributed by atoms with Crippen molar-refractivity contribution in [3.8, 4) is 0 Å². The minimum atomic E-state index is 0.491. The van der Waals surface area contributed by atoms with Crippen LogP contribution in [-0.2, 0) is 6.54 Å². The highest BCUT2D eigenvalue weighted by Gasteiger charge is 2.16. The number of nitrogens with zero attached hydrogens (tertiary/aromatic N) is 4. The highest BCUT2D eigenvalue weighted by molar-refractivity contribution is 5.30. The molecule has 5 heteroatoms. The van der Waals surface area contributed by atoms with Gasteiger partial charge in [-0.05, 0) is 25.5 Å². The predicted molar refractivity (Wildman–Crippen MR) is 103 cm³/mol. The lowest BCUT2D eigenvalue weighted by atomic mass is 9.99. The van der Waals surface area contributed by atoms with E-state index in [1.54, 1.807) is 0 Å². The van der Waals surface area contributed by atoms with Gasteiger partial charge < -0.3 is 15.1 Å². The average molecular weight is 339 g/mol. The molecular formula is C20H29N5. The van der Waals surface area contributed by atoms with E-state index in [0.29, 0.717) is 5.92 Å². The molecule has 3 rings (SSSR count). The minimum Gasteiger partial charge on any atom is -0.338 e. The second-order valence-corrected chi connectivity index (χ2v) is 7.13. The first-order valence-electron chi connectivity index (χ1n) is 9.13. The quantitative estimate of drug-likeness (QED) is 0.876. The zero-order valence-corrected chi connectivity index (χ0v) is 15.6. The van der Waals surface area contributed by atoms with E-state index in [1.807, 2.05) is 12.4 Å². The summed E-state index contributed by atoms with van der Waals surface area (Å²) in [5.41, 5.74) is 3.83. The molecule has 5 nitrogen and oxygen atoms in total. The molecule has 0 radical (unpaired) electrons. The Morgan fingerprint density at radius 2 is 1.84 bits per heavy atom. The maximum absolute atomic E-state index is 4.55. The molecule has 0 amide bonds. The first kappa shape index (κ1) is 17.8. The third-order valence-corrected chi connectivity index (χ3v) is 4.87. The number of nitrogens with one attached hydrogen (secondary N) is 1. The Kier molecular flexibility index (Phi) is 6.00. The Morgan fingerprint density at radius 3 is 2.52 bits per heavy atom. The summed E-state index contributed by atoms with van der Waals surface area (Å²) in [5.74, 6) is 1.34. The fourth-order valence-corrected chi connectivity index (χ4v) is 3.14. The number of aromatic nitrogens is 2. The summed E-state index contributed by atoms with van der Waals surface area (Å²) < 4.78 is 0. The van der Waals surface area contributed by atoms with Gasteiger partial charge in [0, 0.05) is 57.2 Å². The number of rotatable bonds is 6. The Hall–Kier alpha value is -1.98. The van der Waals surface area contributed by atoms with E-state index in [1.165, 1.54) is 11.1 Å². The highest BCUT2D eigenvalue weighted by atomic mass is 15.3. The fraction of sp³-hybridized carbons (Fsp3) is 0.500. The van der Waals surface area contributed by atoms with E-state index in [-0.39, 0.29) is 0 Å². The normalized spacial score (nSPS) is 16.8. The summed E-state index contributed by atoms with van der Waals surface area (Å²) in [6, 6.07) is 8.74. The van der Waals surface area contributed by atoms with Gasteiger partial charge in [0.1, 0.15) is 0 Å². The van der Waals surface area contributed by atoms with Crippen LogP contribution in [0.5, 0.6) is 0 Å². The van der Waals surface area contributed by atoms with Gasteiger partial charge in [0.05, 0.1) is 0 Å². The lowest BCUT2D eigenvalue weighted by Crippen LogP contribution is -2.45. The lowest BCUT2D eigenvalue weighted by Gasteiger charge is -2.32. The van der Waals surface area contributed by atoms with Crippen LogP contribution in [0.4, 0.5) is 5.95 Å². The SMILES string of the molecule is Cc1cccc([C@H](C)CNCc2cnc(N3CCN(C)CC3)nc2)c1. The Morgan fingerprint density at radius 1 is 1.12 bits per heavy atom. The van der Waals surface area contributed by atoms with Crippen LogP contribution in [0.3, 0.4) is 0 Å². The number of benzene rings is 1.